The predicted octanol–water partition coefficient (Wildman–Crippen LogP) is 2.60. The van der Waals surface area contributed by atoms with Crippen molar-refractivity contribution in [3.8, 4) is 0 Å². The molecule has 0 saturated heterocycles. The van der Waals surface area contributed by atoms with E-state index in [0.717, 1.165) is 18.4 Å². The minimum atomic E-state index is -0.137. The van der Waals surface area contributed by atoms with Gasteiger partial charge in [0, 0.05) is 25.2 Å². The number of benzene rings is 1. The van der Waals surface area contributed by atoms with Gasteiger partial charge in [-0.25, -0.2) is 4.98 Å². The first-order valence-electron chi connectivity index (χ1n) is 9.08. The first kappa shape index (κ1) is 19.0. The van der Waals surface area contributed by atoms with Gasteiger partial charge in [-0.15, -0.1) is 0 Å². The van der Waals surface area contributed by atoms with E-state index >= 15 is 0 Å². The fraction of sp³-hybridized carbons (Fsp3) is 0.368. The summed E-state index contributed by atoms with van der Waals surface area (Å²) in [6.45, 7) is 1.06. The summed E-state index contributed by atoms with van der Waals surface area (Å²) in [7, 11) is 1.77. The zero-order valence-electron chi connectivity index (χ0n) is 15.4. The number of carbonyl (C=O) groups is 1. The molecule has 0 aliphatic heterocycles. The summed E-state index contributed by atoms with van der Waals surface area (Å²) in [5, 5.41) is 8.34. The summed E-state index contributed by atoms with van der Waals surface area (Å²) in [6.07, 6.45) is 3.97. The number of aryl methyl sites for hydroxylation is 1. The van der Waals surface area contributed by atoms with Crippen molar-refractivity contribution >= 4 is 40.3 Å². The molecule has 0 unspecified atom stereocenters. The number of rotatable bonds is 7. The molecule has 2 aromatic heterocycles. The standard InChI is InChI=1S/C19H20ClN5O2S/c1-24-10-15-17(23-24)18(27)25(9-13-2-3-13)19(22-15)28-11-16(26)21-8-12-4-6-14(20)7-5-12/h4-7,10,13H,2-3,8-9,11H2,1H3,(H,21,26). The van der Waals surface area contributed by atoms with Crippen LogP contribution in [0.25, 0.3) is 11.0 Å². The number of halogens is 1. The molecule has 146 valence electrons. The van der Waals surface area contributed by atoms with E-state index in [1.807, 2.05) is 12.1 Å². The Bertz CT molecular complexity index is 1070. The van der Waals surface area contributed by atoms with Crippen LogP contribution in [0.3, 0.4) is 0 Å². The third-order valence-corrected chi connectivity index (χ3v) is 5.81. The molecular formula is C19H20ClN5O2S. The molecule has 1 fully saturated rings. The minimum absolute atomic E-state index is 0.113. The molecule has 4 rings (SSSR count). The van der Waals surface area contributed by atoms with E-state index in [2.05, 4.69) is 15.4 Å². The first-order valence-corrected chi connectivity index (χ1v) is 10.4. The Hall–Kier alpha value is -2.32. The Balaban J connectivity index is 1.46. The second kappa shape index (κ2) is 7.97. The topological polar surface area (TPSA) is 81.8 Å². The molecule has 1 aromatic carbocycles. The van der Waals surface area contributed by atoms with Gasteiger partial charge < -0.3 is 5.32 Å². The number of nitrogens with one attached hydrogen (secondary N) is 1. The van der Waals surface area contributed by atoms with Crippen molar-refractivity contribution in [2.24, 2.45) is 13.0 Å². The van der Waals surface area contributed by atoms with E-state index in [4.69, 9.17) is 11.6 Å². The summed E-state index contributed by atoms with van der Waals surface area (Å²) in [5.74, 6) is 0.591. The van der Waals surface area contributed by atoms with Gasteiger partial charge in [-0.3, -0.25) is 18.8 Å². The molecule has 0 radical (unpaired) electrons. The lowest BCUT2D eigenvalue weighted by atomic mass is 10.2. The minimum Gasteiger partial charge on any atom is -0.351 e. The van der Waals surface area contributed by atoms with E-state index in [0.29, 0.717) is 40.2 Å². The van der Waals surface area contributed by atoms with Gasteiger partial charge in [0.05, 0.1) is 11.9 Å². The third kappa shape index (κ3) is 4.39. The average Bonchev–Trinajstić information content (AvgIpc) is 3.41. The molecule has 1 aliphatic rings. The van der Waals surface area contributed by atoms with Gasteiger partial charge in [0.25, 0.3) is 5.56 Å². The highest BCUT2D eigenvalue weighted by Crippen LogP contribution is 2.31. The SMILES string of the molecule is Cn1cc2nc(SCC(=O)NCc3ccc(Cl)cc3)n(CC3CC3)c(=O)c2n1. The van der Waals surface area contributed by atoms with Crippen LogP contribution in [0.1, 0.15) is 18.4 Å². The van der Waals surface area contributed by atoms with Gasteiger partial charge in [-0.2, -0.15) is 5.10 Å². The summed E-state index contributed by atoms with van der Waals surface area (Å²) < 4.78 is 3.26. The Morgan fingerprint density at radius 1 is 1.32 bits per heavy atom. The van der Waals surface area contributed by atoms with Crippen LogP contribution in [0.15, 0.2) is 40.4 Å². The van der Waals surface area contributed by atoms with Crippen molar-refractivity contribution in [1.82, 2.24) is 24.6 Å². The lowest BCUT2D eigenvalue weighted by molar-refractivity contribution is -0.118. The largest absolute Gasteiger partial charge is 0.351 e. The highest BCUT2D eigenvalue weighted by Gasteiger charge is 2.25. The molecule has 1 amide bonds. The first-order chi connectivity index (χ1) is 13.5. The second-order valence-corrected chi connectivity index (χ2v) is 8.36. The Morgan fingerprint density at radius 2 is 2.07 bits per heavy atom. The van der Waals surface area contributed by atoms with E-state index in [1.54, 1.807) is 34.6 Å². The highest BCUT2D eigenvalue weighted by molar-refractivity contribution is 7.99. The predicted molar refractivity (Wildman–Crippen MR) is 110 cm³/mol. The van der Waals surface area contributed by atoms with Crippen molar-refractivity contribution in [2.45, 2.75) is 31.1 Å². The van der Waals surface area contributed by atoms with E-state index in [1.165, 1.54) is 11.8 Å². The van der Waals surface area contributed by atoms with Gasteiger partial charge in [0.1, 0.15) is 5.52 Å². The highest BCUT2D eigenvalue weighted by atomic mass is 35.5. The summed E-state index contributed by atoms with van der Waals surface area (Å²) >= 11 is 7.15. The number of amides is 1. The number of carbonyl (C=O) groups excluding carboxylic acids is 1. The van der Waals surface area contributed by atoms with Gasteiger partial charge >= 0.3 is 0 Å². The van der Waals surface area contributed by atoms with E-state index < -0.39 is 0 Å². The molecule has 7 nitrogen and oxygen atoms in total. The van der Waals surface area contributed by atoms with Crippen LogP contribution in [-0.2, 0) is 24.9 Å². The Labute approximate surface area is 171 Å². The molecule has 3 aromatic rings. The molecule has 0 spiro atoms. The fourth-order valence-corrected chi connectivity index (χ4v) is 3.87. The zero-order valence-corrected chi connectivity index (χ0v) is 17.0. The number of aromatic nitrogens is 4. The van der Waals surface area contributed by atoms with Crippen molar-refractivity contribution in [3.05, 3.63) is 51.4 Å². The molecule has 2 heterocycles. The van der Waals surface area contributed by atoms with Crippen LogP contribution in [-0.4, -0.2) is 31.0 Å². The van der Waals surface area contributed by atoms with Crippen LogP contribution in [0.4, 0.5) is 0 Å². The molecule has 0 bridgehead atoms. The van der Waals surface area contributed by atoms with Gasteiger partial charge in [-0.1, -0.05) is 35.5 Å². The number of hydrogen-bond acceptors (Lipinski definition) is 5. The summed E-state index contributed by atoms with van der Waals surface area (Å²) in [4.78, 5) is 29.7. The van der Waals surface area contributed by atoms with Crippen LogP contribution < -0.4 is 10.9 Å². The van der Waals surface area contributed by atoms with Crippen molar-refractivity contribution in [2.75, 3.05) is 5.75 Å². The van der Waals surface area contributed by atoms with Gasteiger partial charge in [-0.05, 0) is 36.5 Å². The van der Waals surface area contributed by atoms with E-state index in [9.17, 15) is 9.59 Å². The monoisotopic (exact) mass is 417 g/mol. The van der Waals surface area contributed by atoms with Crippen molar-refractivity contribution in [1.29, 1.82) is 0 Å². The van der Waals surface area contributed by atoms with Gasteiger partial charge in [0.2, 0.25) is 5.91 Å². The van der Waals surface area contributed by atoms with Crippen LogP contribution in [0.5, 0.6) is 0 Å². The molecule has 9 heteroatoms. The molecule has 28 heavy (non-hydrogen) atoms. The van der Waals surface area contributed by atoms with Crippen LogP contribution in [0, 0.1) is 5.92 Å². The molecule has 0 atom stereocenters. The number of nitrogens with zero attached hydrogens (tertiary/aromatic N) is 4. The maximum absolute atomic E-state index is 12.8. The van der Waals surface area contributed by atoms with Crippen molar-refractivity contribution in [3.63, 3.8) is 0 Å². The smallest absolute Gasteiger partial charge is 0.282 e. The third-order valence-electron chi connectivity index (χ3n) is 4.58. The molecule has 1 saturated carbocycles. The van der Waals surface area contributed by atoms with Crippen LogP contribution >= 0.6 is 23.4 Å². The van der Waals surface area contributed by atoms with Crippen LogP contribution in [0.2, 0.25) is 5.02 Å². The number of hydrogen-bond donors (Lipinski definition) is 1. The maximum atomic E-state index is 12.8. The lowest BCUT2D eigenvalue weighted by Gasteiger charge is -2.11. The lowest BCUT2D eigenvalue weighted by Crippen LogP contribution is -2.27. The summed E-state index contributed by atoms with van der Waals surface area (Å²) in [5.41, 5.74) is 1.77. The molecule has 1 aliphatic carbocycles. The van der Waals surface area contributed by atoms with E-state index in [-0.39, 0.29) is 17.2 Å². The van der Waals surface area contributed by atoms with Crippen molar-refractivity contribution < 1.29 is 4.79 Å². The Kier molecular flexibility index (Phi) is 5.41. The fourth-order valence-electron chi connectivity index (χ4n) is 2.90. The Morgan fingerprint density at radius 3 is 2.79 bits per heavy atom. The molecular weight excluding hydrogens is 398 g/mol. The quantitative estimate of drug-likeness (QED) is 0.472. The summed E-state index contributed by atoms with van der Waals surface area (Å²) in [6, 6.07) is 7.34. The maximum Gasteiger partial charge on any atom is 0.282 e. The number of fused-ring (bicyclic) bond motifs is 1. The molecule has 1 N–H and O–H groups in total. The van der Waals surface area contributed by atoms with Gasteiger partial charge in [0.15, 0.2) is 10.7 Å². The second-order valence-electron chi connectivity index (χ2n) is 6.98. The zero-order chi connectivity index (χ0) is 19.7. The average molecular weight is 418 g/mol. The number of thioether (sulfide) groups is 1. The normalized spacial score (nSPS) is 13.8.